The van der Waals surface area contributed by atoms with E-state index >= 15 is 0 Å². The Morgan fingerprint density at radius 2 is 1.52 bits per heavy atom. The van der Waals surface area contributed by atoms with Crippen LogP contribution in [0.4, 0.5) is 4.79 Å². The standard InChI is InChI=1S/C40H50N4O6/c1-6-49-37(48-5)28-44(27-32-17-12-16-31-15-10-11-18-34(31)32)38(46)35(25-29-19-21-33(22-20-29)50-40(2,3)4)43-36(45)23-24-41-39(47)42-26-30-13-8-7-9-14-30/h7-22,35,37H,6,23-28H2,1-5H3,(H,43,45)(H2,41,42,47)/t35-,37?/m0/s1. The molecule has 0 aliphatic heterocycles. The quantitative estimate of drug-likeness (QED) is 0.118. The van der Waals surface area contributed by atoms with Gasteiger partial charge in [0.15, 0.2) is 6.29 Å². The van der Waals surface area contributed by atoms with Gasteiger partial charge in [-0.3, -0.25) is 9.59 Å². The van der Waals surface area contributed by atoms with E-state index in [0.29, 0.717) is 18.9 Å². The van der Waals surface area contributed by atoms with Gasteiger partial charge in [0, 0.05) is 46.2 Å². The summed E-state index contributed by atoms with van der Waals surface area (Å²) in [6.07, 6.45) is -0.434. The number of carbonyl (C=O) groups is 3. The Morgan fingerprint density at radius 3 is 2.22 bits per heavy atom. The maximum absolute atomic E-state index is 14.5. The number of ether oxygens (including phenoxy) is 3. The summed E-state index contributed by atoms with van der Waals surface area (Å²) in [6.45, 7) is 9.11. The van der Waals surface area contributed by atoms with E-state index in [1.54, 1.807) is 12.0 Å². The van der Waals surface area contributed by atoms with E-state index in [2.05, 4.69) is 16.0 Å². The van der Waals surface area contributed by atoms with Crippen molar-refractivity contribution in [3.8, 4) is 5.75 Å². The van der Waals surface area contributed by atoms with Crippen LogP contribution in [0.3, 0.4) is 0 Å². The van der Waals surface area contributed by atoms with Crippen LogP contribution in [0.1, 0.15) is 50.8 Å². The minimum absolute atomic E-state index is 0.0101. The SMILES string of the molecule is CCOC(CN(Cc1cccc2ccccc12)C(=O)[C@H](Cc1ccc(OC(C)(C)C)cc1)NC(=O)CCNC(=O)NCc1ccccc1)OC. The first-order chi connectivity index (χ1) is 24.0. The molecule has 2 atom stereocenters. The summed E-state index contributed by atoms with van der Waals surface area (Å²) in [5, 5.41) is 10.6. The number of benzene rings is 4. The van der Waals surface area contributed by atoms with Crippen LogP contribution in [0.2, 0.25) is 0 Å². The first-order valence-electron chi connectivity index (χ1n) is 17.1. The molecule has 0 spiro atoms. The number of methoxy groups -OCH3 is 1. The molecule has 10 nitrogen and oxygen atoms in total. The smallest absolute Gasteiger partial charge is 0.315 e. The zero-order chi connectivity index (χ0) is 35.9. The Balaban J connectivity index is 1.52. The molecule has 0 aliphatic rings. The number of hydrogen-bond acceptors (Lipinski definition) is 6. The molecular formula is C40H50N4O6. The molecule has 0 radical (unpaired) electrons. The van der Waals surface area contributed by atoms with Crippen molar-refractivity contribution < 1.29 is 28.6 Å². The Bertz CT molecular complexity index is 1670. The lowest BCUT2D eigenvalue weighted by atomic mass is 10.0. The summed E-state index contributed by atoms with van der Waals surface area (Å²) in [4.78, 5) is 41.9. The van der Waals surface area contributed by atoms with Gasteiger partial charge in [0.2, 0.25) is 11.8 Å². The first kappa shape index (κ1) is 37.9. The molecular weight excluding hydrogens is 632 g/mol. The molecule has 0 fully saturated rings. The van der Waals surface area contributed by atoms with Crippen molar-refractivity contribution in [2.75, 3.05) is 26.8 Å². The van der Waals surface area contributed by atoms with Crippen LogP contribution in [0.5, 0.6) is 5.75 Å². The van der Waals surface area contributed by atoms with Gasteiger partial charge in [0.05, 0.1) is 6.54 Å². The van der Waals surface area contributed by atoms with E-state index < -0.39 is 12.3 Å². The van der Waals surface area contributed by atoms with Crippen molar-refractivity contribution in [2.45, 2.75) is 71.6 Å². The Morgan fingerprint density at radius 1 is 0.820 bits per heavy atom. The van der Waals surface area contributed by atoms with Crippen LogP contribution in [-0.2, 0) is 38.6 Å². The van der Waals surface area contributed by atoms with E-state index in [1.807, 2.05) is 125 Å². The van der Waals surface area contributed by atoms with Crippen molar-refractivity contribution in [1.29, 1.82) is 0 Å². The summed E-state index contributed by atoms with van der Waals surface area (Å²) < 4.78 is 17.4. The monoisotopic (exact) mass is 682 g/mol. The van der Waals surface area contributed by atoms with Gasteiger partial charge in [-0.25, -0.2) is 4.79 Å². The van der Waals surface area contributed by atoms with E-state index in [4.69, 9.17) is 14.2 Å². The second-order valence-corrected chi connectivity index (χ2v) is 13.0. The van der Waals surface area contributed by atoms with Crippen molar-refractivity contribution in [3.63, 3.8) is 0 Å². The Kier molecular flexibility index (Phi) is 14.2. The number of nitrogens with zero attached hydrogens (tertiary/aromatic N) is 1. The Labute approximate surface area is 295 Å². The van der Waals surface area contributed by atoms with Gasteiger partial charge in [0.1, 0.15) is 17.4 Å². The van der Waals surface area contributed by atoms with Gasteiger partial charge in [0.25, 0.3) is 0 Å². The number of urea groups is 1. The second-order valence-electron chi connectivity index (χ2n) is 13.0. The molecule has 266 valence electrons. The number of fused-ring (bicyclic) bond motifs is 1. The summed E-state index contributed by atoms with van der Waals surface area (Å²) in [5.41, 5.74) is 2.41. The van der Waals surface area contributed by atoms with Gasteiger partial charge in [-0.2, -0.15) is 0 Å². The third-order valence-corrected chi connectivity index (χ3v) is 7.89. The third kappa shape index (κ3) is 12.2. The topological polar surface area (TPSA) is 118 Å². The molecule has 4 amide bonds. The van der Waals surface area contributed by atoms with E-state index in [1.165, 1.54) is 0 Å². The predicted molar refractivity (Wildman–Crippen MR) is 196 cm³/mol. The summed E-state index contributed by atoms with van der Waals surface area (Å²) >= 11 is 0. The highest BCUT2D eigenvalue weighted by atomic mass is 16.7. The molecule has 0 saturated carbocycles. The molecule has 4 aromatic rings. The highest BCUT2D eigenvalue weighted by Gasteiger charge is 2.29. The third-order valence-electron chi connectivity index (χ3n) is 7.89. The number of nitrogens with one attached hydrogen (secondary N) is 3. The maximum atomic E-state index is 14.5. The van der Waals surface area contributed by atoms with Crippen LogP contribution in [0, 0.1) is 0 Å². The minimum Gasteiger partial charge on any atom is -0.488 e. The molecule has 4 rings (SSSR count). The van der Waals surface area contributed by atoms with Crippen molar-refractivity contribution in [3.05, 3.63) is 114 Å². The number of carbonyl (C=O) groups excluding carboxylic acids is 3. The van der Waals surface area contributed by atoms with Gasteiger partial charge in [-0.1, -0.05) is 84.9 Å². The van der Waals surface area contributed by atoms with Gasteiger partial charge >= 0.3 is 6.03 Å². The molecule has 50 heavy (non-hydrogen) atoms. The molecule has 4 aromatic carbocycles. The fraction of sp³-hybridized carbons (Fsp3) is 0.375. The van der Waals surface area contributed by atoms with Crippen molar-refractivity contribution in [1.82, 2.24) is 20.9 Å². The highest BCUT2D eigenvalue weighted by molar-refractivity contribution is 5.89. The molecule has 1 unspecified atom stereocenters. The van der Waals surface area contributed by atoms with Crippen LogP contribution in [-0.4, -0.2) is 67.5 Å². The molecule has 0 bridgehead atoms. The van der Waals surface area contributed by atoms with Gasteiger partial charge in [-0.15, -0.1) is 0 Å². The summed E-state index contributed by atoms with van der Waals surface area (Å²) in [6, 6.07) is 29.8. The first-order valence-corrected chi connectivity index (χ1v) is 17.1. The molecule has 0 heterocycles. The number of rotatable bonds is 17. The van der Waals surface area contributed by atoms with Crippen LogP contribution < -0.4 is 20.7 Å². The second kappa shape index (κ2) is 18.7. The molecule has 10 heteroatoms. The number of amides is 4. The largest absolute Gasteiger partial charge is 0.488 e. The van der Waals surface area contributed by atoms with E-state index in [9.17, 15) is 14.4 Å². The van der Waals surface area contributed by atoms with Crippen LogP contribution >= 0.6 is 0 Å². The number of hydrogen-bond donors (Lipinski definition) is 3. The lowest BCUT2D eigenvalue weighted by molar-refractivity contribution is -0.154. The summed E-state index contributed by atoms with van der Waals surface area (Å²) in [5.74, 6) is 0.0660. The fourth-order valence-electron chi connectivity index (χ4n) is 5.53. The van der Waals surface area contributed by atoms with E-state index in [-0.39, 0.29) is 55.9 Å². The molecule has 3 N–H and O–H groups in total. The normalized spacial score (nSPS) is 12.5. The highest BCUT2D eigenvalue weighted by Crippen LogP contribution is 2.23. The zero-order valence-corrected chi connectivity index (χ0v) is 29.7. The molecule has 0 saturated heterocycles. The van der Waals surface area contributed by atoms with Gasteiger partial charge in [-0.05, 0) is 67.3 Å². The van der Waals surface area contributed by atoms with Crippen molar-refractivity contribution >= 4 is 28.6 Å². The summed E-state index contributed by atoms with van der Waals surface area (Å²) in [7, 11) is 1.55. The maximum Gasteiger partial charge on any atom is 0.315 e. The van der Waals surface area contributed by atoms with Crippen LogP contribution in [0.15, 0.2) is 97.1 Å². The average Bonchev–Trinajstić information content (AvgIpc) is 3.10. The molecule has 0 aromatic heterocycles. The van der Waals surface area contributed by atoms with Crippen molar-refractivity contribution in [2.24, 2.45) is 0 Å². The predicted octanol–water partition coefficient (Wildman–Crippen LogP) is 5.97. The minimum atomic E-state index is -0.905. The zero-order valence-electron chi connectivity index (χ0n) is 29.7. The average molecular weight is 683 g/mol. The molecule has 0 aliphatic carbocycles. The van der Waals surface area contributed by atoms with E-state index in [0.717, 1.165) is 27.5 Å². The lowest BCUT2D eigenvalue weighted by Gasteiger charge is -2.31. The van der Waals surface area contributed by atoms with Gasteiger partial charge < -0.3 is 35.1 Å². The fourth-order valence-corrected chi connectivity index (χ4v) is 5.53. The lowest BCUT2D eigenvalue weighted by Crippen LogP contribution is -2.52. The Hall–Kier alpha value is -4.93. The van der Waals surface area contributed by atoms with Crippen LogP contribution in [0.25, 0.3) is 10.8 Å².